The lowest BCUT2D eigenvalue weighted by Gasteiger charge is -2.38. The van der Waals surface area contributed by atoms with Gasteiger partial charge in [0.2, 0.25) is 0 Å². The first-order chi connectivity index (χ1) is 9.12. The second-order valence-electron chi connectivity index (χ2n) is 6.53. The molecule has 0 unspecified atom stereocenters. The average molecular weight is 312 g/mol. The van der Waals surface area contributed by atoms with Crippen LogP contribution < -0.4 is 0 Å². The lowest BCUT2D eigenvalue weighted by molar-refractivity contribution is -0.112. The maximum absolute atomic E-state index is 12.0. The molecule has 0 amide bonds. The van der Waals surface area contributed by atoms with Gasteiger partial charge in [-0.3, -0.25) is 4.79 Å². The summed E-state index contributed by atoms with van der Waals surface area (Å²) in [4.78, 5) is 16.2. The van der Waals surface area contributed by atoms with E-state index in [0.29, 0.717) is 6.42 Å². The highest BCUT2D eigenvalue weighted by Gasteiger charge is 2.38. The molecular formula is C15H25NO2SSi. The third kappa shape index (κ3) is 5.38. The van der Waals surface area contributed by atoms with Gasteiger partial charge in [0.1, 0.15) is 5.03 Å². The van der Waals surface area contributed by atoms with E-state index in [9.17, 15) is 4.79 Å². The van der Waals surface area contributed by atoms with Crippen molar-refractivity contribution in [3.05, 3.63) is 24.4 Å². The molecule has 1 aromatic heterocycles. The third-order valence-electron chi connectivity index (χ3n) is 3.61. The number of aromatic nitrogens is 1. The molecule has 0 aliphatic rings. The van der Waals surface area contributed by atoms with Crippen LogP contribution in [0.1, 0.15) is 34.1 Å². The van der Waals surface area contributed by atoms with Crippen LogP contribution in [-0.2, 0) is 9.22 Å². The Bertz CT molecular complexity index is 443. The number of thioether (sulfide) groups is 1. The Morgan fingerprint density at radius 1 is 1.40 bits per heavy atom. The number of carbonyl (C=O) groups excluding carboxylic acids is 1. The van der Waals surface area contributed by atoms with Crippen molar-refractivity contribution >= 4 is 25.2 Å². The van der Waals surface area contributed by atoms with E-state index in [1.54, 1.807) is 6.20 Å². The van der Waals surface area contributed by atoms with E-state index in [4.69, 9.17) is 4.43 Å². The highest BCUT2D eigenvalue weighted by Crippen LogP contribution is 2.37. The Hall–Kier alpha value is -0.653. The van der Waals surface area contributed by atoms with Crippen LogP contribution in [0.15, 0.2) is 29.4 Å². The molecule has 112 valence electrons. The van der Waals surface area contributed by atoms with Crippen molar-refractivity contribution < 1.29 is 9.22 Å². The van der Waals surface area contributed by atoms with Crippen molar-refractivity contribution in [1.29, 1.82) is 0 Å². The summed E-state index contributed by atoms with van der Waals surface area (Å²) in [5.74, 6) is 0. The Morgan fingerprint density at radius 2 is 2.05 bits per heavy atom. The Kier molecular flexibility index (Phi) is 5.98. The van der Waals surface area contributed by atoms with E-state index in [1.807, 2.05) is 25.1 Å². The van der Waals surface area contributed by atoms with E-state index in [2.05, 4.69) is 38.8 Å². The highest BCUT2D eigenvalue weighted by atomic mass is 32.2. The quantitative estimate of drug-likeness (QED) is 0.593. The molecule has 20 heavy (non-hydrogen) atoms. The molecule has 0 saturated carbocycles. The first-order valence-electron chi connectivity index (χ1n) is 6.91. The van der Waals surface area contributed by atoms with Gasteiger partial charge >= 0.3 is 0 Å². The van der Waals surface area contributed by atoms with Gasteiger partial charge < -0.3 is 4.43 Å². The lowest BCUT2D eigenvalue weighted by Crippen LogP contribution is -2.43. The second-order valence-corrected chi connectivity index (χ2v) is 12.4. The van der Waals surface area contributed by atoms with Gasteiger partial charge in [-0.1, -0.05) is 26.8 Å². The van der Waals surface area contributed by atoms with Crippen molar-refractivity contribution in [2.75, 3.05) is 0 Å². The summed E-state index contributed by atoms with van der Waals surface area (Å²) in [6, 6.07) is 5.58. The summed E-state index contributed by atoms with van der Waals surface area (Å²) in [6.45, 7) is 13.0. The predicted octanol–water partition coefficient (Wildman–Crippen LogP) is 4.50. The van der Waals surface area contributed by atoms with E-state index < -0.39 is 8.32 Å². The van der Waals surface area contributed by atoms with Crippen molar-refractivity contribution in [1.82, 2.24) is 4.98 Å². The van der Waals surface area contributed by atoms with E-state index in [0.717, 1.165) is 5.03 Å². The fraction of sp³-hybridized carbons (Fsp3) is 0.600. The van der Waals surface area contributed by atoms with Crippen LogP contribution in [0.2, 0.25) is 18.1 Å². The van der Waals surface area contributed by atoms with Crippen LogP contribution in [0.4, 0.5) is 0 Å². The molecule has 1 atom stereocenters. The van der Waals surface area contributed by atoms with E-state index in [-0.39, 0.29) is 16.3 Å². The fourth-order valence-corrected chi connectivity index (χ4v) is 3.78. The second kappa shape index (κ2) is 6.87. The molecule has 0 fully saturated rings. The van der Waals surface area contributed by atoms with Crippen LogP contribution in [-0.4, -0.2) is 24.5 Å². The number of carbonyl (C=O) groups is 1. The summed E-state index contributed by atoms with van der Waals surface area (Å²) in [5.41, 5.74) is 0. The molecule has 3 nitrogen and oxygen atoms in total. The van der Waals surface area contributed by atoms with Crippen molar-refractivity contribution in [3.8, 4) is 0 Å². The SMILES string of the molecule is C[C@H](CC(=O)Sc1ccccn1)O[Si](C)(C)C(C)(C)C. The Balaban J connectivity index is 2.50. The average Bonchev–Trinajstić information content (AvgIpc) is 2.27. The molecule has 0 radical (unpaired) electrons. The molecule has 5 heteroatoms. The van der Waals surface area contributed by atoms with Gasteiger partial charge in [0.15, 0.2) is 13.4 Å². The van der Waals surface area contributed by atoms with Gasteiger partial charge in [-0.05, 0) is 49.0 Å². The molecule has 0 saturated heterocycles. The zero-order valence-corrected chi connectivity index (χ0v) is 15.1. The summed E-state index contributed by atoms with van der Waals surface area (Å²) >= 11 is 1.19. The van der Waals surface area contributed by atoms with Crippen molar-refractivity contribution in [3.63, 3.8) is 0 Å². The van der Waals surface area contributed by atoms with Crippen LogP contribution in [0, 0.1) is 0 Å². The molecule has 0 aliphatic heterocycles. The minimum Gasteiger partial charge on any atom is -0.414 e. The fourth-order valence-electron chi connectivity index (χ4n) is 1.52. The van der Waals surface area contributed by atoms with Crippen LogP contribution in [0.3, 0.4) is 0 Å². The molecule has 0 aliphatic carbocycles. The molecule has 1 rings (SSSR count). The predicted molar refractivity (Wildman–Crippen MR) is 87.5 cm³/mol. The zero-order valence-electron chi connectivity index (χ0n) is 13.3. The summed E-state index contributed by atoms with van der Waals surface area (Å²) in [5, 5.41) is 1.02. The normalized spacial score (nSPS) is 14.1. The van der Waals surface area contributed by atoms with Gasteiger partial charge in [-0.15, -0.1) is 0 Å². The van der Waals surface area contributed by atoms with Crippen LogP contribution in [0.25, 0.3) is 0 Å². The van der Waals surface area contributed by atoms with Gasteiger partial charge in [0.25, 0.3) is 0 Å². The molecule has 1 heterocycles. The number of rotatable bonds is 5. The highest BCUT2D eigenvalue weighted by molar-refractivity contribution is 8.13. The summed E-state index contributed by atoms with van der Waals surface area (Å²) < 4.78 is 6.19. The maximum Gasteiger partial charge on any atom is 0.197 e. The largest absolute Gasteiger partial charge is 0.414 e. The van der Waals surface area contributed by atoms with E-state index in [1.165, 1.54) is 11.8 Å². The summed E-state index contributed by atoms with van der Waals surface area (Å²) in [7, 11) is -1.80. The molecule has 0 bridgehead atoms. The van der Waals surface area contributed by atoms with Crippen LogP contribution in [0.5, 0.6) is 0 Å². The first-order valence-corrected chi connectivity index (χ1v) is 10.6. The first kappa shape index (κ1) is 17.4. The lowest BCUT2D eigenvalue weighted by atomic mass is 10.2. The minimum absolute atomic E-state index is 0.0420. The minimum atomic E-state index is -1.80. The zero-order chi connectivity index (χ0) is 15.4. The number of hydrogen-bond donors (Lipinski definition) is 0. The number of hydrogen-bond acceptors (Lipinski definition) is 4. The van der Waals surface area contributed by atoms with E-state index >= 15 is 0 Å². The smallest absolute Gasteiger partial charge is 0.197 e. The van der Waals surface area contributed by atoms with Gasteiger partial charge in [0.05, 0.1) is 6.10 Å². The third-order valence-corrected chi connectivity index (χ3v) is 9.06. The summed E-state index contributed by atoms with van der Waals surface area (Å²) in [6.07, 6.45) is 2.08. The van der Waals surface area contributed by atoms with Gasteiger partial charge in [0, 0.05) is 12.6 Å². The Morgan fingerprint density at radius 3 is 2.55 bits per heavy atom. The number of pyridine rings is 1. The Labute approximate surface area is 127 Å². The molecule has 0 spiro atoms. The standard InChI is InChI=1S/C15H25NO2SSi/c1-12(18-20(5,6)15(2,3)4)11-14(17)19-13-9-7-8-10-16-13/h7-10,12H,11H2,1-6H3/t12-/m1/s1. The molecule has 0 aromatic carbocycles. The van der Waals surface area contributed by atoms with Crippen molar-refractivity contribution in [2.45, 2.75) is 63.4 Å². The molecular weight excluding hydrogens is 286 g/mol. The molecule has 1 aromatic rings. The molecule has 0 N–H and O–H groups in total. The topological polar surface area (TPSA) is 39.2 Å². The monoisotopic (exact) mass is 311 g/mol. The van der Waals surface area contributed by atoms with Crippen molar-refractivity contribution in [2.24, 2.45) is 0 Å². The maximum atomic E-state index is 12.0. The van der Waals surface area contributed by atoms with Gasteiger partial charge in [-0.25, -0.2) is 4.98 Å². The van der Waals surface area contributed by atoms with Gasteiger partial charge in [-0.2, -0.15) is 0 Å². The van der Waals surface area contributed by atoms with Crippen LogP contribution >= 0.6 is 11.8 Å². The number of nitrogens with zero attached hydrogens (tertiary/aromatic N) is 1.